The van der Waals surface area contributed by atoms with Gasteiger partial charge in [-0.25, -0.2) is 14.4 Å². The lowest BCUT2D eigenvalue weighted by molar-refractivity contribution is -0.136. The molecule has 1 unspecified atom stereocenters. The summed E-state index contributed by atoms with van der Waals surface area (Å²) in [6.45, 7) is 5.68. The summed E-state index contributed by atoms with van der Waals surface area (Å²) in [4.78, 5) is 36.9. The van der Waals surface area contributed by atoms with Crippen LogP contribution in [0.3, 0.4) is 0 Å². The van der Waals surface area contributed by atoms with Crippen molar-refractivity contribution in [3.05, 3.63) is 75.6 Å². The van der Waals surface area contributed by atoms with Gasteiger partial charge in [-0.15, -0.1) is 0 Å². The maximum absolute atomic E-state index is 12.7. The van der Waals surface area contributed by atoms with Crippen LogP contribution in [0.25, 0.3) is 11.0 Å². The van der Waals surface area contributed by atoms with Crippen LogP contribution >= 0.6 is 0 Å². The second-order valence-corrected chi connectivity index (χ2v) is 7.85. The van der Waals surface area contributed by atoms with Crippen LogP contribution in [-0.2, 0) is 22.6 Å². The summed E-state index contributed by atoms with van der Waals surface area (Å²) in [5.41, 5.74) is 2.28. The number of aryl methyl sites for hydroxylation is 2. The topological polar surface area (TPSA) is 94.8 Å². The number of amides is 1. The summed E-state index contributed by atoms with van der Waals surface area (Å²) < 4.78 is 16.2. The summed E-state index contributed by atoms with van der Waals surface area (Å²) >= 11 is 0. The van der Waals surface area contributed by atoms with Crippen molar-refractivity contribution in [2.24, 2.45) is 0 Å². The van der Waals surface area contributed by atoms with Gasteiger partial charge >= 0.3 is 17.7 Å². The second-order valence-electron chi connectivity index (χ2n) is 7.85. The Morgan fingerprint density at radius 1 is 1.09 bits per heavy atom. The number of fused-ring (bicyclic) bond motifs is 1. The number of esters is 1. The van der Waals surface area contributed by atoms with Crippen molar-refractivity contribution in [3.63, 3.8) is 0 Å². The Morgan fingerprint density at radius 2 is 1.85 bits per heavy atom. The molecule has 0 spiro atoms. The van der Waals surface area contributed by atoms with E-state index < -0.39 is 23.7 Å². The van der Waals surface area contributed by atoms with Crippen molar-refractivity contribution >= 4 is 23.0 Å². The predicted molar refractivity (Wildman–Crippen MR) is 125 cm³/mol. The fraction of sp³-hybridized carbons (Fsp3) is 0.346. The Balaban J connectivity index is 1.71. The van der Waals surface area contributed by atoms with Crippen LogP contribution in [0.2, 0.25) is 0 Å². The molecule has 0 saturated heterocycles. The molecular weight excluding hydrogens is 422 g/mol. The summed E-state index contributed by atoms with van der Waals surface area (Å²) in [6.07, 6.45) is 2.35. The highest BCUT2D eigenvalue weighted by molar-refractivity contribution is 5.87. The van der Waals surface area contributed by atoms with Gasteiger partial charge in [-0.1, -0.05) is 50.6 Å². The third-order valence-electron chi connectivity index (χ3n) is 5.40. The molecule has 0 aliphatic heterocycles. The van der Waals surface area contributed by atoms with Crippen molar-refractivity contribution in [2.75, 3.05) is 0 Å². The van der Waals surface area contributed by atoms with Crippen molar-refractivity contribution < 1.29 is 23.5 Å². The van der Waals surface area contributed by atoms with E-state index in [9.17, 15) is 14.4 Å². The Kier molecular flexibility index (Phi) is 8.24. The van der Waals surface area contributed by atoms with E-state index in [4.69, 9.17) is 13.9 Å². The zero-order valence-electron chi connectivity index (χ0n) is 19.2. The number of rotatable bonds is 9. The first-order valence-electron chi connectivity index (χ1n) is 11.2. The van der Waals surface area contributed by atoms with Crippen LogP contribution in [-0.4, -0.2) is 18.1 Å². The molecule has 0 bridgehead atoms. The largest absolute Gasteiger partial charge is 0.445 e. The fourth-order valence-corrected chi connectivity index (χ4v) is 3.51. The SMILES string of the molecule is CCCCc1cc(=O)oc2c(C)c(OC(=O)C(CC)NC(=O)OCc3ccccc3)ccc12. The molecular formula is C26H29NO6. The second kappa shape index (κ2) is 11.3. The molecule has 1 heterocycles. The monoisotopic (exact) mass is 451 g/mol. The van der Waals surface area contributed by atoms with Gasteiger partial charge in [0.25, 0.3) is 0 Å². The maximum atomic E-state index is 12.7. The fourth-order valence-electron chi connectivity index (χ4n) is 3.51. The molecule has 1 amide bonds. The van der Waals surface area contributed by atoms with Gasteiger partial charge in [-0.3, -0.25) is 0 Å². The van der Waals surface area contributed by atoms with Gasteiger partial charge in [0.05, 0.1) is 0 Å². The highest BCUT2D eigenvalue weighted by Crippen LogP contribution is 2.29. The average molecular weight is 452 g/mol. The number of hydrogen-bond acceptors (Lipinski definition) is 6. The van der Waals surface area contributed by atoms with Gasteiger partial charge in [0.1, 0.15) is 24.0 Å². The molecule has 1 atom stereocenters. The van der Waals surface area contributed by atoms with Crippen LogP contribution in [0.1, 0.15) is 49.8 Å². The number of hydrogen-bond donors (Lipinski definition) is 1. The Bertz CT molecular complexity index is 1170. The molecule has 2 aromatic carbocycles. The summed E-state index contributed by atoms with van der Waals surface area (Å²) in [5, 5.41) is 3.37. The lowest BCUT2D eigenvalue weighted by atomic mass is 10.0. The molecule has 174 valence electrons. The molecule has 1 N–H and O–H groups in total. The molecule has 1 aromatic heterocycles. The van der Waals surface area contributed by atoms with E-state index in [1.807, 2.05) is 30.3 Å². The van der Waals surface area contributed by atoms with Crippen molar-refractivity contribution in [1.29, 1.82) is 0 Å². The zero-order valence-corrected chi connectivity index (χ0v) is 19.2. The number of carbonyl (C=O) groups is 2. The van der Waals surface area contributed by atoms with Gasteiger partial charge in [0.15, 0.2) is 0 Å². The first-order valence-corrected chi connectivity index (χ1v) is 11.2. The van der Waals surface area contributed by atoms with Gasteiger partial charge in [0, 0.05) is 17.0 Å². The van der Waals surface area contributed by atoms with E-state index in [2.05, 4.69) is 12.2 Å². The lowest BCUT2D eigenvalue weighted by Gasteiger charge is -2.17. The number of benzene rings is 2. The highest BCUT2D eigenvalue weighted by atomic mass is 16.6. The maximum Gasteiger partial charge on any atom is 0.408 e. The van der Waals surface area contributed by atoms with Crippen LogP contribution in [0, 0.1) is 6.92 Å². The average Bonchev–Trinajstić information content (AvgIpc) is 2.82. The number of carbonyl (C=O) groups excluding carboxylic acids is 2. The van der Waals surface area contributed by atoms with Crippen LogP contribution in [0.4, 0.5) is 4.79 Å². The molecule has 7 nitrogen and oxygen atoms in total. The molecule has 0 aliphatic rings. The van der Waals surface area contributed by atoms with E-state index in [1.54, 1.807) is 26.0 Å². The van der Waals surface area contributed by atoms with E-state index in [1.165, 1.54) is 6.07 Å². The van der Waals surface area contributed by atoms with Gasteiger partial charge in [0.2, 0.25) is 0 Å². The molecule has 0 saturated carbocycles. The number of alkyl carbamates (subject to hydrolysis) is 1. The Hall–Kier alpha value is -3.61. The van der Waals surface area contributed by atoms with E-state index in [0.29, 0.717) is 17.6 Å². The lowest BCUT2D eigenvalue weighted by Crippen LogP contribution is -2.42. The molecule has 0 aliphatic carbocycles. The van der Waals surface area contributed by atoms with Gasteiger partial charge in [-0.05, 0) is 49.4 Å². The van der Waals surface area contributed by atoms with Gasteiger partial charge in [-0.2, -0.15) is 0 Å². The Morgan fingerprint density at radius 3 is 2.55 bits per heavy atom. The third-order valence-corrected chi connectivity index (χ3v) is 5.40. The number of unbranched alkanes of at least 4 members (excludes halogenated alkanes) is 1. The van der Waals surface area contributed by atoms with Crippen molar-refractivity contribution in [1.82, 2.24) is 5.32 Å². The van der Waals surface area contributed by atoms with Crippen LogP contribution in [0.15, 0.2) is 57.7 Å². The summed E-state index contributed by atoms with van der Waals surface area (Å²) in [6, 6.07) is 13.4. The summed E-state index contributed by atoms with van der Waals surface area (Å²) in [5.74, 6) is -0.345. The first-order chi connectivity index (χ1) is 15.9. The molecule has 0 radical (unpaired) electrons. The molecule has 33 heavy (non-hydrogen) atoms. The molecule has 3 rings (SSSR count). The van der Waals surface area contributed by atoms with E-state index in [-0.39, 0.29) is 12.4 Å². The summed E-state index contributed by atoms with van der Waals surface area (Å²) in [7, 11) is 0. The predicted octanol–water partition coefficient (Wildman–Crippen LogP) is 5.05. The molecule has 0 fully saturated rings. The Labute approximate surface area is 192 Å². The van der Waals surface area contributed by atoms with E-state index in [0.717, 1.165) is 35.8 Å². The van der Waals surface area contributed by atoms with Crippen molar-refractivity contribution in [2.45, 2.75) is 59.1 Å². The molecule has 7 heteroatoms. The normalized spacial score (nSPS) is 11.7. The van der Waals surface area contributed by atoms with Gasteiger partial charge < -0.3 is 19.2 Å². The highest BCUT2D eigenvalue weighted by Gasteiger charge is 2.23. The standard InChI is InChI=1S/C26H29NO6/c1-4-6-12-19-15-23(28)33-24-17(3)22(14-13-20(19)24)32-25(29)21(5-2)27-26(30)31-16-18-10-8-7-9-11-18/h7-11,13-15,21H,4-6,12,16H2,1-3H3,(H,27,30). The van der Waals surface area contributed by atoms with Crippen molar-refractivity contribution in [3.8, 4) is 5.75 Å². The minimum Gasteiger partial charge on any atom is -0.445 e. The first kappa shape index (κ1) is 24.0. The molecule has 3 aromatic rings. The van der Waals surface area contributed by atoms with E-state index >= 15 is 0 Å². The zero-order chi connectivity index (χ0) is 23.8. The smallest absolute Gasteiger partial charge is 0.408 e. The van der Waals surface area contributed by atoms with Crippen LogP contribution < -0.4 is 15.7 Å². The third kappa shape index (κ3) is 6.22. The quantitative estimate of drug-likeness (QED) is 0.278. The number of ether oxygens (including phenoxy) is 2. The minimum absolute atomic E-state index is 0.0985. The number of nitrogens with one attached hydrogen (secondary N) is 1. The minimum atomic E-state index is -0.883. The van der Waals surface area contributed by atoms with Crippen LogP contribution in [0.5, 0.6) is 5.75 Å².